The van der Waals surface area contributed by atoms with Gasteiger partial charge in [-0.2, -0.15) is 13.2 Å². The molecule has 130 valence electrons. The van der Waals surface area contributed by atoms with Gasteiger partial charge < -0.3 is 5.32 Å². The van der Waals surface area contributed by atoms with Gasteiger partial charge in [-0.05, 0) is 45.0 Å². The summed E-state index contributed by atoms with van der Waals surface area (Å²) >= 11 is 0. The number of halogens is 3. The predicted molar refractivity (Wildman–Crippen MR) is 88.1 cm³/mol. The summed E-state index contributed by atoms with van der Waals surface area (Å²) in [7, 11) is 0. The Morgan fingerprint density at radius 2 is 1.64 bits per heavy atom. The number of imidazole rings is 1. The Kier molecular flexibility index (Phi) is 4.20. The Morgan fingerprint density at radius 3 is 2.20 bits per heavy atom. The lowest BCUT2D eigenvalue weighted by Gasteiger charge is -2.11. The summed E-state index contributed by atoms with van der Waals surface area (Å²) in [6.45, 7) is 5.72. The molecule has 5 nitrogen and oxygen atoms in total. The second-order valence-corrected chi connectivity index (χ2v) is 5.63. The van der Waals surface area contributed by atoms with Crippen molar-refractivity contribution in [1.29, 1.82) is 0 Å². The summed E-state index contributed by atoms with van der Waals surface area (Å²) in [5.74, 6) is 1.81. The van der Waals surface area contributed by atoms with Gasteiger partial charge in [0.1, 0.15) is 5.82 Å². The van der Waals surface area contributed by atoms with Gasteiger partial charge in [0.25, 0.3) is 0 Å². The summed E-state index contributed by atoms with van der Waals surface area (Å²) in [6, 6.07) is 4.75. The Morgan fingerprint density at radius 1 is 0.960 bits per heavy atom. The van der Waals surface area contributed by atoms with Gasteiger partial charge in [-0.3, -0.25) is 9.55 Å². The van der Waals surface area contributed by atoms with Crippen molar-refractivity contribution in [3.05, 3.63) is 59.4 Å². The van der Waals surface area contributed by atoms with Gasteiger partial charge in [0.2, 0.25) is 0 Å². The number of aromatic nitrogens is 4. The van der Waals surface area contributed by atoms with Crippen molar-refractivity contribution in [3.63, 3.8) is 0 Å². The van der Waals surface area contributed by atoms with Crippen LogP contribution < -0.4 is 5.32 Å². The molecule has 0 aliphatic carbocycles. The molecule has 3 rings (SSSR count). The Bertz CT molecular complexity index is 898. The summed E-state index contributed by atoms with van der Waals surface area (Å²) in [5, 5.41) is 2.96. The molecule has 0 aliphatic rings. The number of anilines is 2. The molecule has 0 unspecified atom stereocenters. The first-order valence-corrected chi connectivity index (χ1v) is 7.55. The van der Waals surface area contributed by atoms with Crippen LogP contribution in [0.3, 0.4) is 0 Å². The van der Waals surface area contributed by atoms with E-state index >= 15 is 0 Å². The molecule has 0 amide bonds. The molecule has 1 N–H and O–H groups in total. The fraction of sp³-hybridized carbons (Fsp3) is 0.235. The number of nitrogens with one attached hydrogen (secondary N) is 1. The van der Waals surface area contributed by atoms with Gasteiger partial charge in [-0.15, -0.1) is 0 Å². The van der Waals surface area contributed by atoms with Crippen molar-refractivity contribution in [2.75, 3.05) is 5.32 Å². The summed E-state index contributed by atoms with van der Waals surface area (Å²) in [6.07, 6.45) is -1.23. The molecule has 0 aliphatic heterocycles. The number of nitrogens with zero attached hydrogens (tertiary/aromatic N) is 4. The maximum Gasteiger partial charge on any atom is 0.416 e. The molecular formula is C17H16F3N5. The molecule has 2 aromatic heterocycles. The van der Waals surface area contributed by atoms with Crippen molar-refractivity contribution in [2.45, 2.75) is 26.9 Å². The first-order valence-electron chi connectivity index (χ1n) is 7.55. The minimum absolute atomic E-state index is 0.433. The van der Waals surface area contributed by atoms with Crippen LogP contribution in [-0.2, 0) is 6.18 Å². The Hall–Kier alpha value is -2.90. The van der Waals surface area contributed by atoms with Crippen LogP contribution in [0.25, 0.3) is 5.82 Å². The number of hydrogen-bond donors (Lipinski definition) is 1. The smallest absolute Gasteiger partial charge is 0.339 e. The molecule has 2 heterocycles. The van der Waals surface area contributed by atoms with E-state index in [9.17, 15) is 13.2 Å². The lowest BCUT2D eigenvalue weighted by Crippen LogP contribution is -2.06. The molecular weight excluding hydrogens is 331 g/mol. The van der Waals surface area contributed by atoms with E-state index in [1.165, 1.54) is 18.3 Å². The average molecular weight is 347 g/mol. The first kappa shape index (κ1) is 16.9. The van der Waals surface area contributed by atoms with E-state index in [4.69, 9.17) is 0 Å². The zero-order valence-electron chi connectivity index (χ0n) is 13.9. The van der Waals surface area contributed by atoms with E-state index in [0.29, 0.717) is 17.3 Å². The second-order valence-electron chi connectivity index (χ2n) is 5.63. The monoisotopic (exact) mass is 347 g/mol. The highest BCUT2D eigenvalue weighted by Crippen LogP contribution is 2.30. The molecule has 25 heavy (non-hydrogen) atoms. The van der Waals surface area contributed by atoms with Crippen LogP contribution in [0.15, 0.2) is 36.7 Å². The lowest BCUT2D eigenvalue weighted by atomic mass is 10.2. The van der Waals surface area contributed by atoms with Gasteiger partial charge in [-0.25, -0.2) is 9.97 Å². The maximum absolute atomic E-state index is 12.6. The molecule has 0 atom stereocenters. The maximum atomic E-state index is 12.6. The molecule has 0 saturated heterocycles. The standard InChI is InChI=1S/C17H16F3N5/c1-10-11(2)25(12(3)22-10)16-9-21-8-15(24-16)23-14-6-4-13(5-7-14)17(18,19)20/h4-9H,1-3H3,(H,23,24). The minimum atomic E-state index is -4.35. The highest BCUT2D eigenvalue weighted by molar-refractivity contribution is 5.56. The van der Waals surface area contributed by atoms with Crippen molar-refractivity contribution in [1.82, 2.24) is 19.5 Å². The summed E-state index contributed by atoms with van der Waals surface area (Å²) in [4.78, 5) is 13.0. The molecule has 1 aromatic carbocycles. The van der Waals surface area contributed by atoms with Gasteiger partial charge in [0.05, 0.1) is 23.7 Å². The number of benzene rings is 1. The molecule has 0 radical (unpaired) electrons. The fourth-order valence-electron chi connectivity index (χ4n) is 2.53. The SMILES string of the molecule is Cc1nc(C)n(-c2cncc(Nc3ccc(C(F)(F)F)cc3)n2)c1C. The highest BCUT2D eigenvalue weighted by atomic mass is 19.4. The van der Waals surface area contributed by atoms with Crippen molar-refractivity contribution in [2.24, 2.45) is 0 Å². The van der Waals surface area contributed by atoms with E-state index in [1.807, 2.05) is 25.3 Å². The minimum Gasteiger partial charge on any atom is -0.339 e. The third kappa shape index (κ3) is 3.47. The summed E-state index contributed by atoms with van der Waals surface area (Å²) < 4.78 is 39.7. The third-order valence-electron chi connectivity index (χ3n) is 3.85. The third-order valence-corrected chi connectivity index (χ3v) is 3.85. The van der Waals surface area contributed by atoms with E-state index in [0.717, 1.165) is 29.3 Å². The van der Waals surface area contributed by atoms with Gasteiger partial charge in [0.15, 0.2) is 11.6 Å². The van der Waals surface area contributed by atoms with Crippen LogP contribution >= 0.6 is 0 Å². The average Bonchev–Trinajstić information content (AvgIpc) is 2.80. The molecule has 0 spiro atoms. The van der Waals surface area contributed by atoms with Gasteiger partial charge in [-0.1, -0.05) is 0 Å². The number of alkyl halides is 3. The van der Waals surface area contributed by atoms with Crippen LogP contribution in [0.4, 0.5) is 24.7 Å². The summed E-state index contributed by atoms with van der Waals surface area (Å²) in [5.41, 5.74) is 1.66. The Balaban J connectivity index is 1.87. The first-order chi connectivity index (χ1) is 11.8. The molecule has 0 saturated carbocycles. The Labute approximate surface area is 142 Å². The van der Waals surface area contributed by atoms with Crippen LogP contribution in [0, 0.1) is 20.8 Å². The quantitative estimate of drug-likeness (QED) is 0.765. The molecule has 3 aromatic rings. The lowest BCUT2D eigenvalue weighted by molar-refractivity contribution is -0.137. The number of hydrogen-bond acceptors (Lipinski definition) is 4. The zero-order chi connectivity index (χ0) is 18.2. The van der Waals surface area contributed by atoms with Crippen LogP contribution in [-0.4, -0.2) is 19.5 Å². The second kappa shape index (κ2) is 6.19. The van der Waals surface area contributed by atoms with Crippen LogP contribution in [0.5, 0.6) is 0 Å². The van der Waals surface area contributed by atoms with Crippen molar-refractivity contribution in [3.8, 4) is 5.82 Å². The topological polar surface area (TPSA) is 55.6 Å². The molecule has 8 heteroatoms. The van der Waals surface area contributed by atoms with Crippen LogP contribution in [0.2, 0.25) is 0 Å². The van der Waals surface area contributed by atoms with Crippen LogP contribution in [0.1, 0.15) is 22.8 Å². The number of aryl methyl sites for hydroxylation is 2. The largest absolute Gasteiger partial charge is 0.416 e. The predicted octanol–water partition coefficient (Wildman–Crippen LogP) is 4.35. The molecule has 0 bridgehead atoms. The van der Waals surface area contributed by atoms with Gasteiger partial charge in [0, 0.05) is 11.4 Å². The van der Waals surface area contributed by atoms with E-state index in [1.54, 1.807) is 6.20 Å². The van der Waals surface area contributed by atoms with E-state index in [-0.39, 0.29) is 0 Å². The highest BCUT2D eigenvalue weighted by Gasteiger charge is 2.29. The fourth-order valence-corrected chi connectivity index (χ4v) is 2.53. The van der Waals surface area contributed by atoms with E-state index in [2.05, 4.69) is 20.3 Å². The zero-order valence-corrected chi connectivity index (χ0v) is 13.9. The number of rotatable bonds is 3. The van der Waals surface area contributed by atoms with Crippen molar-refractivity contribution < 1.29 is 13.2 Å². The van der Waals surface area contributed by atoms with Crippen molar-refractivity contribution >= 4 is 11.5 Å². The normalized spacial score (nSPS) is 11.6. The van der Waals surface area contributed by atoms with Gasteiger partial charge >= 0.3 is 6.18 Å². The van der Waals surface area contributed by atoms with E-state index < -0.39 is 11.7 Å². The molecule has 0 fully saturated rings.